The fraction of sp³-hybridized carbons (Fsp3) is 0.444. The molecule has 0 amide bonds. The molecule has 0 aliphatic rings. The van der Waals surface area contributed by atoms with Gasteiger partial charge in [-0.15, -0.1) is 0 Å². The van der Waals surface area contributed by atoms with E-state index in [9.17, 15) is 8.42 Å². The number of nitrogens with one attached hydrogen (secondary N) is 2. The standard InChI is InChI=1S/C18H27N5O3S/c1-12-10-16(13(2)9-15(12)26-6)27(24,25)20-8-7-19-17-11-18(23(4)5)22-14(3)21-17/h9-11,20H,7-8H2,1-6H3,(H,19,21,22). The lowest BCUT2D eigenvalue weighted by molar-refractivity contribution is 0.411. The SMILES string of the molecule is COc1cc(C)c(S(=O)(=O)NCCNc2cc(N(C)C)nc(C)n2)cc1C. The van der Waals surface area contributed by atoms with Gasteiger partial charge in [0.2, 0.25) is 10.0 Å². The van der Waals surface area contributed by atoms with Crippen LogP contribution in [0.3, 0.4) is 0 Å². The van der Waals surface area contributed by atoms with Gasteiger partial charge in [-0.05, 0) is 44.0 Å². The Balaban J connectivity index is 2.02. The first-order valence-corrected chi connectivity index (χ1v) is 10.0. The molecule has 0 saturated carbocycles. The van der Waals surface area contributed by atoms with Crippen LogP contribution in [0.25, 0.3) is 0 Å². The zero-order valence-electron chi connectivity index (χ0n) is 16.6. The van der Waals surface area contributed by atoms with E-state index in [1.54, 1.807) is 26.2 Å². The molecule has 1 aromatic carbocycles. The summed E-state index contributed by atoms with van der Waals surface area (Å²) in [7, 11) is 1.76. The Kier molecular flexibility index (Phi) is 6.61. The minimum atomic E-state index is -3.61. The van der Waals surface area contributed by atoms with E-state index in [0.29, 0.717) is 29.5 Å². The number of anilines is 2. The summed E-state index contributed by atoms with van der Waals surface area (Å²) in [6, 6.07) is 5.17. The van der Waals surface area contributed by atoms with Crippen molar-refractivity contribution in [2.75, 3.05) is 44.5 Å². The van der Waals surface area contributed by atoms with Gasteiger partial charge in [-0.1, -0.05) is 0 Å². The van der Waals surface area contributed by atoms with Crippen LogP contribution in [-0.2, 0) is 10.0 Å². The average molecular weight is 394 g/mol. The highest BCUT2D eigenvalue weighted by Crippen LogP contribution is 2.25. The van der Waals surface area contributed by atoms with E-state index in [1.807, 2.05) is 38.9 Å². The van der Waals surface area contributed by atoms with Crippen molar-refractivity contribution < 1.29 is 13.2 Å². The Labute approximate surface area is 161 Å². The number of rotatable bonds is 8. The third kappa shape index (κ3) is 5.30. The van der Waals surface area contributed by atoms with E-state index in [4.69, 9.17) is 4.74 Å². The summed E-state index contributed by atoms with van der Waals surface area (Å²) in [5, 5.41) is 3.12. The Bertz CT molecular complexity index is 913. The molecule has 0 atom stereocenters. The molecule has 148 valence electrons. The molecule has 0 unspecified atom stereocenters. The average Bonchev–Trinajstić information content (AvgIpc) is 2.59. The molecular formula is C18H27N5O3S. The van der Waals surface area contributed by atoms with Crippen molar-refractivity contribution in [3.63, 3.8) is 0 Å². The molecule has 1 heterocycles. The van der Waals surface area contributed by atoms with E-state index in [0.717, 1.165) is 11.4 Å². The lowest BCUT2D eigenvalue weighted by atomic mass is 10.1. The molecule has 2 N–H and O–H groups in total. The number of methoxy groups -OCH3 is 1. The summed E-state index contributed by atoms with van der Waals surface area (Å²) in [5.41, 5.74) is 1.41. The Morgan fingerprint density at radius 3 is 2.37 bits per heavy atom. The maximum absolute atomic E-state index is 12.6. The van der Waals surface area contributed by atoms with E-state index in [-0.39, 0.29) is 11.4 Å². The molecule has 8 nitrogen and oxygen atoms in total. The Morgan fingerprint density at radius 1 is 1.04 bits per heavy atom. The normalized spacial score (nSPS) is 11.3. The molecule has 0 bridgehead atoms. The topological polar surface area (TPSA) is 96.5 Å². The highest BCUT2D eigenvalue weighted by molar-refractivity contribution is 7.89. The molecule has 0 fully saturated rings. The maximum atomic E-state index is 12.6. The fourth-order valence-corrected chi connectivity index (χ4v) is 3.94. The number of ether oxygens (including phenoxy) is 1. The number of sulfonamides is 1. The van der Waals surface area contributed by atoms with Gasteiger partial charge in [0.05, 0.1) is 12.0 Å². The molecule has 1 aromatic heterocycles. The molecule has 27 heavy (non-hydrogen) atoms. The van der Waals surface area contributed by atoms with Gasteiger partial charge in [0.25, 0.3) is 0 Å². The summed E-state index contributed by atoms with van der Waals surface area (Å²) in [5.74, 6) is 2.76. The number of benzene rings is 1. The molecule has 0 aliphatic carbocycles. The quantitative estimate of drug-likeness (QED) is 0.661. The van der Waals surface area contributed by atoms with Crippen molar-refractivity contribution in [2.24, 2.45) is 0 Å². The first kappa shape index (κ1) is 20.9. The Hall–Kier alpha value is -2.39. The van der Waals surface area contributed by atoms with Crippen molar-refractivity contribution in [1.82, 2.24) is 14.7 Å². The zero-order chi connectivity index (χ0) is 20.2. The third-order valence-electron chi connectivity index (χ3n) is 3.99. The molecular weight excluding hydrogens is 366 g/mol. The highest BCUT2D eigenvalue weighted by atomic mass is 32.2. The number of nitrogens with zero attached hydrogens (tertiary/aromatic N) is 3. The van der Waals surface area contributed by atoms with Crippen LogP contribution in [0, 0.1) is 20.8 Å². The molecule has 9 heteroatoms. The van der Waals surface area contributed by atoms with Crippen LogP contribution in [0.15, 0.2) is 23.1 Å². The second-order valence-corrected chi connectivity index (χ2v) is 8.20. The van der Waals surface area contributed by atoms with Crippen LogP contribution in [0.4, 0.5) is 11.6 Å². The van der Waals surface area contributed by atoms with E-state index >= 15 is 0 Å². The van der Waals surface area contributed by atoms with Gasteiger partial charge in [-0.3, -0.25) is 0 Å². The first-order valence-electron chi connectivity index (χ1n) is 8.56. The van der Waals surface area contributed by atoms with Crippen molar-refractivity contribution >= 4 is 21.7 Å². The lowest BCUT2D eigenvalue weighted by Crippen LogP contribution is -2.29. The summed E-state index contributed by atoms with van der Waals surface area (Å²) < 4.78 is 33.1. The summed E-state index contributed by atoms with van der Waals surface area (Å²) >= 11 is 0. The van der Waals surface area contributed by atoms with Gasteiger partial charge in [-0.2, -0.15) is 0 Å². The van der Waals surface area contributed by atoms with Gasteiger partial charge >= 0.3 is 0 Å². The second kappa shape index (κ2) is 8.53. The molecule has 2 aromatic rings. The molecule has 0 spiro atoms. The summed E-state index contributed by atoms with van der Waals surface area (Å²) in [6.07, 6.45) is 0. The molecule has 0 radical (unpaired) electrons. The van der Waals surface area contributed by atoms with Crippen LogP contribution in [0.1, 0.15) is 17.0 Å². The summed E-state index contributed by atoms with van der Waals surface area (Å²) in [4.78, 5) is 10.8. The van der Waals surface area contributed by atoms with E-state index in [2.05, 4.69) is 20.0 Å². The third-order valence-corrected chi connectivity index (χ3v) is 5.59. The highest BCUT2D eigenvalue weighted by Gasteiger charge is 2.18. The van der Waals surface area contributed by atoms with Crippen molar-refractivity contribution in [3.8, 4) is 5.75 Å². The van der Waals surface area contributed by atoms with E-state index in [1.165, 1.54) is 0 Å². The Morgan fingerprint density at radius 2 is 1.74 bits per heavy atom. The minimum absolute atomic E-state index is 0.229. The minimum Gasteiger partial charge on any atom is -0.496 e. The van der Waals surface area contributed by atoms with Gasteiger partial charge in [-0.25, -0.2) is 23.1 Å². The van der Waals surface area contributed by atoms with E-state index < -0.39 is 10.0 Å². The number of hydrogen-bond donors (Lipinski definition) is 2. The van der Waals surface area contributed by atoms with Gasteiger partial charge < -0.3 is 15.0 Å². The first-order chi connectivity index (χ1) is 12.6. The largest absolute Gasteiger partial charge is 0.496 e. The predicted octanol–water partition coefficient (Wildman–Crippen LogP) is 1.87. The van der Waals surface area contributed by atoms with Crippen molar-refractivity contribution in [1.29, 1.82) is 0 Å². The number of aromatic nitrogens is 2. The monoisotopic (exact) mass is 393 g/mol. The van der Waals surface area contributed by atoms with Crippen LogP contribution >= 0.6 is 0 Å². The smallest absolute Gasteiger partial charge is 0.240 e. The van der Waals surface area contributed by atoms with Gasteiger partial charge in [0, 0.05) is 33.3 Å². The second-order valence-electron chi connectivity index (χ2n) is 6.46. The van der Waals surface area contributed by atoms with Crippen LogP contribution in [0.2, 0.25) is 0 Å². The maximum Gasteiger partial charge on any atom is 0.240 e. The van der Waals surface area contributed by atoms with Crippen LogP contribution in [-0.4, -0.2) is 52.7 Å². The fourth-order valence-electron chi connectivity index (χ4n) is 2.60. The van der Waals surface area contributed by atoms with Gasteiger partial charge in [0.15, 0.2) is 0 Å². The van der Waals surface area contributed by atoms with Crippen LogP contribution < -0.4 is 19.7 Å². The van der Waals surface area contributed by atoms with Gasteiger partial charge in [0.1, 0.15) is 23.2 Å². The van der Waals surface area contributed by atoms with Crippen molar-refractivity contribution in [3.05, 3.63) is 35.2 Å². The molecule has 0 aliphatic heterocycles. The summed E-state index contributed by atoms with van der Waals surface area (Å²) in [6.45, 7) is 6.01. The predicted molar refractivity (Wildman–Crippen MR) is 107 cm³/mol. The van der Waals surface area contributed by atoms with Crippen LogP contribution in [0.5, 0.6) is 5.75 Å². The molecule has 0 saturated heterocycles. The molecule has 2 rings (SSSR count). The number of hydrogen-bond acceptors (Lipinski definition) is 7. The van der Waals surface area contributed by atoms with Crippen molar-refractivity contribution in [2.45, 2.75) is 25.7 Å². The zero-order valence-corrected chi connectivity index (χ0v) is 17.4. The number of aryl methyl sites for hydroxylation is 3. The lowest BCUT2D eigenvalue weighted by Gasteiger charge is -2.15.